The Kier molecular flexibility index (Phi) is 5.06. The van der Waals surface area contributed by atoms with E-state index in [4.69, 9.17) is 4.74 Å². The molecule has 0 saturated carbocycles. The van der Waals surface area contributed by atoms with Crippen LogP contribution in [-0.4, -0.2) is 23.0 Å². The molecule has 0 atom stereocenters. The van der Waals surface area contributed by atoms with Gasteiger partial charge in [0.25, 0.3) is 5.91 Å². The Morgan fingerprint density at radius 3 is 3.10 bits per heavy atom. The van der Waals surface area contributed by atoms with Crippen molar-refractivity contribution in [2.24, 2.45) is 0 Å². The maximum atomic E-state index is 12.0. The zero-order valence-corrected chi connectivity index (χ0v) is 12.4. The number of hydrogen-bond acceptors (Lipinski definition) is 5. The van der Waals surface area contributed by atoms with E-state index in [0.29, 0.717) is 18.0 Å². The van der Waals surface area contributed by atoms with Crippen molar-refractivity contribution in [3.05, 3.63) is 40.0 Å². The third-order valence-electron chi connectivity index (χ3n) is 2.70. The first kappa shape index (κ1) is 14.5. The maximum absolute atomic E-state index is 12.0. The molecule has 0 aliphatic carbocycles. The summed E-state index contributed by atoms with van der Waals surface area (Å²) < 4.78 is 5.00. The molecule has 0 aromatic carbocycles. The fourth-order valence-electron chi connectivity index (χ4n) is 1.69. The van der Waals surface area contributed by atoms with Gasteiger partial charge < -0.3 is 10.1 Å². The third-order valence-corrected chi connectivity index (χ3v) is 3.66. The van der Waals surface area contributed by atoms with Gasteiger partial charge >= 0.3 is 0 Å². The quantitative estimate of drug-likeness (QED) is 0.888. The number of ether oxygens (including phenoxy) is 1. The largest absolute Gasteiger partial charge is 0.481 e. The second-order valence-electron chi connectivity index (χ2n) is 4.25. The molecule has 2 rings (SSSR count). The molecule has 2 aromatic rings. The van der Waals surface area contributed by atoms with Gasteiger partial charge in [-0.15, -0.1) is 11.3 Å². The monoisotopic (exact) mass is 291 g/mol. The van der Waals surface area contributed by atoms with Crippen LogP contribution in [0.15, 0.2) is 23.7 Å². The highest BCUT2D eigenvalue weighted by Crippen LogP contribution is 2.12. The van der Waals surface area contributed by atoms with E-state index in [1.807, 2.05) is 5.38 Å². The summed E-state index contributed by atoms with van der Waals surface area (Å²) in [6.07, 6.45) is 3.62. The predicted octanol–water partition coefficient (Wildman–Crippen LogP) is 2.43. The number of carbonyl (C=O) groups excluding carboxylic acids is 1. The van der Waals surface area contributed by atoms with Crippen molar-refractivity contribution < 1.29 is 9.53 Å². The van der Waals surface area contributed by atoms with Crippen molar-refractivity contribution in [3.8, 4) is 5.88 Å². The van der Waals surface area contributed by atoms with E-state index in [0.717, 1.165) is 23.5 Å². The molecular formula is C14H17N3O2S. The molecule has 0 spiro atoms. The summed E-state index contributed by atoms with van der Waals surface area (Å²) in [6.45, 7) is 2.56. The number of hydrogen-bond donors (Lipinski definition) is 1. The minimum atomic E-state index is -0.157. The highest BCUT2D eigenvalue weighted by atomic mass is 32.1. The lowest BCUT2D eigenvalue weighted by Crippen LogP contribution is -2.23. The van der Waals surface area contributed by atoms with Crippen LogP contribution in [-0.2, 0) is 13.0 Å². The van der Waals surface area contributed by atoms with Gasteiger partial charge in [0.05, 0.1) is 24.4 Å². The number of nitrogens with one attached hydrogen (secondary N) is 1. The molecule has 20 heavy (non-hydrogen) atoms. The van der Waals surface area contributed by atoms with Crippen LogP contribution in [0.4, 0.5) is 0 Å². The van der Waals surface area contributed by atoms with Crippen LogP contribution in [0.5, 0.6) is 5.88 Å². The minimum Gasteiger partial charge on any atom is -0.481 e. The molecule has 0 aliphatic heterocycles. The summed E-state index contributed by atoms with van der Waals surface area (Å²) in [4.78, 5) is 20.4. The van der Waals surface area contributed by atoms with Gasteiger partial charge in [-0.25, -0.2) is 9.97 Å². The molecule has 6 heteroatoms. The fourth-order valence-corrected chi connectivity index (χ4v) is 2.59. The summed E-state index contributed by atoms with van der Waals surface area (Å²) in [6, 6.07) is 3.26. The number of aryl methyl sites for hydroxylation is 1. The van der Waals surface area contributed by atoms with Gasteiger partial charge in [-0.2, -0.15) is 0 Å². The highest BCUT2D eigenvalue weighted by molar-refractivity contribution is 7.09. The number of carbonyl (C=O) groups is 1. The lowest BCUT2D eigenvalue weighted by Gasteiger charge is -2.04. The topological polar surface area (TPSA) is 64.1 Å². The highest BCUT2D eigenvalue weighted by Gasteiger charge is 2.08. The number of amides is 1. The summed E-state index contributed by atoms with van der Waals surface area (Å²) in [5.41, 5.74) is 1.42. The second kappa shape index (κ2) is 7.00. The van der Waals surface area contributed by atoms with E-state index in [-0.39, 0.29) is 5.91 Å². The molecule has 106 valence electrons. The first-order chi connectivity index (χ1) is 9.72. The van der Waals surface area contributed by atoms with Crippen molar-refractivity contribution in [1.82, 2.24) is 15.3 Å². The van der Waals surface area contributed by atoms with Crippen molar-refractivity contribution in [1.29, 1.82) is 0 Å². The Bertz CT molecular complexity index is 583. The van der Waals surface area contributed by atoms with Gasteiger partial charge in [-0.3, -0.25) is 4.79 Å². The van der Waals surface area contributed by atoms with Crippen LogP contribution < -0.4 is 10.1 Å². The van der Waals surface area contributed by atoms with Gasteiger partial charge in [0.15, 0.2) is 0 Å². The van der Waals surface area contributed by atoms with Crippen LogP contribution in [0.25, 0.3) is 0 Å². The summed E-state index contributed by atoms with van der Waals surface area (Å²) >= 11 is 1.64. The van der Waals surface area contributed by atoms with Crippen LogP contribution >= 0.6 is 11.3 Å². The Morgan fingerprint density at radius 2 is 2.35 bits per heavy atom. The van der Waals surface area contributed by atoms with Crippen molar-refractivity contribution in [2.75, 3.05) is 7.11 Å². The molecule has 0 saturated heterocycles. The van der Waals surface area contributed by atoms with Crippen molar-refractivity contribution in [3.63, 3.8) is 0 Å². The average Bonchev–Trinajstić information content (AvgIpc) is 2.93. The molecule has 0 unspecified atom stereocenters. The zero-order valence-electron chi connectivity index (χ0n) is 11.5. The van der Waals surface area contributed by atoms with E-state index < -0.39 is 0 Å². The predicted molar refractivity (Wildman–Crippen MR) is 78.1 cm³/mol. The van der Waals surface area contributed by atoms with Crippen molar-refractivity contribution >= 4 is 17.2 Å². The van der Waals surface area contributed by atoms with Crippen LogP contribution in [0, 0.1) is 0 Å². The van der Waals surface area contributed by atoms with E-state index >= 15 is 0 Å². The Morgan fingerprint density at radius 1 is 1.50 bits per heavy atom. The standard InChI is InChI=1S/C14H17N3O2S/c1-3-4-13-17-11(9-20-13)8-16-14(18)10-5-6-15-12(7-10)19-2/h5-7,9H,3-4,8H2,1-2H3,(H,16,18). The molecule has 1 N–H and O–H groups in total. The van der Waals surface area contributed by atoms with Crippen molar-refractivity contribution in [2.45, 2.75) is 26.3 Å². The van der Waals surface area contributed by atoms with E-state index in [9.17, 15) is 4.79 Å². The van der Waals surface area contributed by atoms with Gasteiger partial charge in [-0.1, -0.05) is 6.92 Å². The number of methoxy groups -OCH3 is 1. The SMILES string of the molecule is CCCc1nc(CNC(=O)c2ccnc(OC)c2)cs1. The van der Waals surface area contributed by atoms with Gasteiger partial charge in [0.2, 0.25) is 5.88 Å². The number of aromatic nitrogens is 2. The smallest absolute Gasteiger partial charge is 0.251 e. The summed E-state index contributed by atoms with van der Waals surface area (Å²) in [7, 11) is 1.52. The first-order valence-corrected chi connectivity index (χ1v) is 7.32. The molecule has 0 aliphatic rings. The number of nitrogens with zero attached hydrogens (tertiary/aromatic N) is 2. The molecule has 5 nitrogen and oxygen atoms in total. The van der Waals surface area contributed by atoms with Gasteiger partial charge in [-0.05, 0) is 18.9 Å². The van der Waals surface area contributed by atoms with E-state index in [1.54, 1.807) is 29.7 Å². The average molecular weight is 291 g/mol. The Hall–Kier alpha value is -1.95. The minimum absolute atomic E-state index is 0.157. The summed E-state index contributed by atoms with van der Waals surface area (Å²) in [5, 5.41) is 5.94. The molecule has 2 aromatic heterocycles. The van der Waals surface area contributed by atoms with Crippen LogP contribution in [0.1, 0.15) is 34.4 Å². The maximum Gasteiger partial charge on any atom is 0.251 e. The lowest BCUT2D eigenvalue weighted by atomic mass is 10.2. The molecule has 0 fully saturated rings. The Balaban J connectivity index is 1.93. The second-order valence-corrected chi connectivity index (χ2v) is 5.19. The van der Waals surface area contributed by atoms with E-state index in [1.165, 1.54) is 7.11 Å². The first-order valence-electron chi connectivity index (χ1n) is 6.44. The van der Waals surface area contributed by atoms with Crippen LogP contribution in [0.3, 0.4) is 0 Å². The number of thiazole rings is 1. The molecular weight excluding hydrogens is 274 g/mol. The third kappa shape index (κ3) is 3.77. The van der Waals surface area contributed by atoms with E-state index in [2.05, 4.69) is 22.2 Å². The molecule has 1 amide bonds. The fraction of sp³-hybridized carbons (Fsp3) is 0.357. The molecule has 0 radical (unpaired) electrons. The lowest BCUT2D eigenvalue weighted by molar-refractivity contribution is 0.0950. The molecule has 2 heterocycles. The normalized spacial score (nSPS) is 10.3. The van der Waals surface area contributed by atoms with Gasteiger partial charge in [0.1, 0.15) is 0 Å². The number of rotatable bonds is 6. The Labute approximate surface area is 122 Å². The number of pyridine rings is 1. The molecule has 0 bridgehead atoms. The van der Waals surface area contributed by atoms with Crippen LogP contribution in [0.2, 0.25) is 0 Å². The zero-order chi connectivity index (χ0) is 14.4. The van der Waals surface area contributed by atoms with Gasteiger partial charge in [0, 0.05) is 23.2 Å². The summed E-state index contributed by atoms with van der Waals surface area (Å²) in [5.74, 6) is 0.271.